The molecule has 1 heterocycles. The van der Waals surface area contributed by atoms with Crippen molar-refractivity contribution in [2.45, 2.75) is 13.8 Å². The molecule has 3 N–H and O–H groups in total. The van der Waals surface area contributed by atoms with Crippen LogP contribution < -0.4 is 15.2 Å². The number of piperazine rings is 1. The van der Waals surface area contributed by atoms with E-state index in [4.69, 9.17) is 0 Å². The van der Waals surface area contributed by atoms with Crippen molar-refractivity contribution in [3.05, 3.63) is 35.4 Å². The molecule has 0 saturated carbocycles. The first-order valence-corrected chi connectivity index (χ1v) is 7.73. The van der Waals surface area contributed by atoms with Crippen LogP contribution in [0.2, 0.25) is 0 Å². The van der Waals surface area contributed by atoms with E-state index in [1.807, 2.05) is 31.2 Å². The number of quaternary nitrogens is 2. The number of aryl methyl sites for hydroxylation is 1. The summed E-state index contributed by atoms with van der Waals surface area (Å²) in [6.07, 6.45) is 1.69. The first kappa shape index (κ1) is 15.7. The molecule has 1 aromatic rings. The quantitative estimate of drug-likeness (QED) is 0.437. The number of rotatable bonds is 5. The van der Waals surface area contributed by atoms with Crippen molar-refractivity contribution >= 4 is 12.1 Å². The second-order valence-corrected chi connectivity index (χ2v) is 5.74. The van der Waals surface area contributed by atoms with Gasteiger partial charge in [-0.15, -0.1) is 0 Å². The van der Waals surface area contributed by atoms with E-state index in [0.29, 0.717) is 6.54 Å². The number of carbonyl (C=O) groups is 1. The molecule has 1 aliphatic rings. The fourth-order valence-electron chi connectivity index (χ4n) is 2.68. The summed E-state index contributed by atoms with van der Waals surface area (Å²) in [7, 11) is 0. The molecule has 0 aromatic heterocycles. The zero-order chi connectivity index (χ0) is 15.1. The van der Waals surface area contributed by atoms with Crippen molar-refractivity contribution in [3.63, 3.8) is 0 Å². The molecule has 0 spiro atoms. The van der Waals surface area contributed by atoms with Crippen LogP contribution in [0.25, 0.3) is 0 Å². The van der Waals surface area contributed by atoms with Gasteiger partial charge in [0.25, 0.3) is 5.91 Å². The third kappa shape index (κ3) is 5.28. The summed E-state index contributed by atoms with van der Waals surface area (Å²) in [5.41, 5.74) is 4.81. The molecular weight excluding hydrogens is 264 g/mol. The van der Waals surface area contributed by atoms with E-state index in [9.17, 15) is 4.79 Å². The first-order valence-electron chi connectivity index (χ1n) is 7.73. The lowest BCUT2D eigenvalue weighted by Gasteiger charge is -2.28. The summed E-state index contributed by atoms with van der Waals surface area (Å²) in [6.45, 7) is 10.4. The van der Waals surface area contributed by atoms with Gasteiger partial charge in [0.05, 0.1) is 12.8 Å². The van der Waals surface area contributed by atoms with E-state index in [1.54, 1.807) is 11.1 Å². The fourth-order valence-corrected chi connectivity index (χ4v) is 2.68. The van der Waals surface area contributed by atoms with Crippen LogP contribution in [0, 0.1) is 6.92 Å². The van der Waals surface area contributed by atoms with Crippen molar-refractivity contribution in [1.29, 1.82) is 0 Å². The van der Waals surface area contributed by atoms with Gasteiger partial charge in [-0.1, -0.05) is 29.8 Å². The molecule has 0 radical (unpaired) electrons. The molecule has 5 nitrogen and oxygen atoms in total. The van der Waals surface area contributed by atoms with Gasteiger partial charge in [-0.3, -0.25) is 4.79 Å². The lowest BCUT2D eigenvalue weighted by Crippen LogP contribution is -3.28. The molecule has 21 heavy (non-hydrogen) atoms. The van der Waals surface area contributed by atoms with Crippen molar-refractivity contribution in [2.75, 3.05) is 39.3 Å². The summed E-state index contributed by atoms with van der Waals surface area (Å²) in [4.78, 5) is 14.9. The highest BCUT2D eigenvalue weighted by molar-refractivity contribution is 5.82. The molecule has 1 saturated heterocycles. The molecule has 1 amide bonds. The Labute approximate surface area is 126 Å². The number of hydrazone groups is 1. The number of hydrogen-bond donors (Lipinski definition) is 3. The molecule has 0 unspecified atom stereocenters. The average molecular weight is 290 g/mol. The Morgan fingerprint density at radius 3 is 2.67 bits per heavy atom. The molecule has 5 heteroatoms. The van der Waals surface area contributed by atoms with Crippen LogP contribution in [0.4, 0.5) is 0 Å². The van der Waals surface area contributed by atoms with Gasteiger partial charge in [0.2, 0.25) is 0 Å². The van der Waals surface area contributed by atoms with E-state index < -0.39 is 0 Å². The number of carbonyl (C=O) groups excluding carboxylic acids is 1. The number of benzene rings is 1. The number of hydrogen-bond acceptors (Lipinski definition) is 2. The highest BCUT2D eigenvalue weighted by Gasteiger charge is 2.23. The molecule has 0 atom stereocenters. The van der Waals surface area contributed by atoms with Crippen LogP contribution in [0.15, 0.2) is 29.4 Å². The molecule has 1 aliphatic heterocycles. The lowest BCUT2D eigenvalue weighted by molar-refractivity contribution is -1.01. The van der Waals surface area contributed by atoms with E-state index in [-0.39, 0.29) is 5.91 Å². The zero-order valence-corrected chi connectivity index (χ0v) is 13.0. The topological polar surface area (TPSA) is 50.3 Å². The first-order chi connectivity index (χ1) is 10.2. The Kier molecular flexibility index (Phi) is 5.90. The Bertz CT molecular complexity index is 493. The van der Waals surface area contributed by atoms with E-state index in [2.05, 4.69) is 17.5 Å². The van der Waals surface area contributed by atoms with Crippen molar-refractivity contribution in [2.24, 2.45) is 5.10 Å². The van der Waals surface area contributed by atoms with Gasteiger partial charge >= 0.3 is 0 Å². The Balaban J connectivity index is 1.72. The van der Waals surface area contributed by atoms with Crippen LogP contribution in [-0.4, -0.2) is 51.4 Å². The summed E-state index contributed by atoms with van der Waals surface area (Å²) in [5, 5.41) is 4.04. The summed E-state index contributed by atoms with van der Waals surface area (Å²) in [6, 6.07) is 8.03. The SMILES string of the molecule is CC[NH+]1CC[NH+](CC(=O)NN=Cc2cccc(C)c2)CC1. The standard InChI is InChI=1S/C16H24N4O/c1-3-19-7-9-20(10-8-19)13-16(21)18-17-12-15-6-4-5-14(2)11-15/h4-6,11-12H,3,7-10,13H2,1-2H3,(H,18,21)/p+2. The van der Waals surface area contributed by atoms with Crippen molar-refractivity contribution in [3.8, 4) is 0 Å². The average Bonchev–Trinajstić information content (AvgIpc) is 2.48. The van der Waals surface area contributed by atoms with Crippen LogP contribution >= 0.6 is 0 Å². The van der Waals surface area contributed by atoms with E-state index in [0.717, 1.165) is 31.7 Å². The molecule has 0 bridgehead atoms. The summed E-state index contributed by atoms with van der Waals surface area (Å²) < 4.78 is 0. The van der Waals surface area contributed by atoms with Gasteiger partial charge < -0.3 is 9.80 Å². The largest absolute Gasteiger partial charge is 0.326 e. The zero-order valence-electron chi connectivity index (χ0n) is 13.0. The van der Waals surface area contributed by atoms with Crippen LogP contribution in [-0.2, 0) is 4.79 Å². The summed E-state index contributed by atoms with van der Waals surface area (Å²) >= 11 is 0. The van der Waals surface area contributed by atoms with Gasteiger partial charge in [0.15, 0.2) is 6.54 Å². The van der Waals surface area contributed by atoms with E-state index in [1.165, 1.54) is 17.0 Å². The maximum atomic E-state index is 11.9. The third-order valence-electron chi connectivity index (χ3n) is 4.02. The second-order valence-electron chi connectivity index (χ2n) is 5.74. The normalized spacial score (nSPS) is 22.4. The number of amides is 1. The van der Waals surface area contributed by atoms with Crippen LogP contribution in [0.1, 0.15) is 18.1 Å². The minimum Gasteiger partial charge on any atom is -0.326 e. The van der Waals surface area contributed by atoms with Crippen LogP contribution in [0.3, 0.4) is 0 Å². The Hall–Kier alpha value is -1.72. The second kappa shape index (κ2) is 7.90. The molecule has 1 aromatic carbocycles. The summed E-state index contributed by atoms with van der Waals surface area (Å²) in [5.74, 6) is -0.00569. The minimum absolute atomic E-state index is 0.00569. The maximum Gasteiger partial charge on any atom is 0.295 e. The molecule has 2 rings (SSSR count). The van der Waals surface area contributed by atoms with Crippen LogP contribution in [0.5, 0.6) is 0 Å². The van der Waals surface area contributed by atoms with E-state index >= 15 is 0 Å². The Morgan fingerprint density at radius 2 is 2.00 bits per heavy atom. The number of nitrogens with one attached hydrogen (secondary N) is 3. The molecular formula is C16H26N4O+2. The molecule has 0 aliphatic carbocycles. The highest BCUT2D eigenvalue weighted by atomic mass is 16.2. The van der Waals surface area contributed by atoms with Gasteiger partial charge in [-0.05, 0) is 19.4 Å². The highest BCUT2D eigenvalue weighted by Crippen LogP contribution is 2.00. The maximum absolute atomic E-state index is 11.9. The Morgan fingerprint density at radius 1 is 1.29 bits per heavy atom. The predicted molar refractivity (Wildman–Crippen MR) is 83.7 cm³/mol. The number of nitrogens with zero attached hydrogens (tertiary/aromatic N) is 1. The van der Waals surface area contributed by atoms with Gasteiger partial charge in [0.1, 0.15) is 26.2 Å². The minimum atomic E-state index is -0.00569. The molecule has 114 valence electrons. The predicted octanol–water partition coefficient (Wildman–Crippen LogP) is -1.75. The lowest BCUT2D eigenvalue weighted by atomic mass is 10.2. The monoisotopic (exact) mass is 290 g/mol. The molecule has 1 fully saturated rings. The third-order valence-corrected chi connectivity index (χ3v) is 4.02. The fraction of sp³-hybridized carbons (Fsp3) is 0.500. The smallest absolute Gasteiger partial charge is 0.295 e. The number of likely N-dealkylation sites (N-methyl/N-ethyl adjacent to an activating group) is 1. The van der Waals surface area contributed by atoms with Crippen molar-refractivity contribution in [1.82, 2.24) is 5.43 Å². The van der Waals surface area contributed by atoms with Gasteiger partial charge in [0, 0.05) is 0 Å². The van der Waals surface area contributed by atoms with Gasteiger partial charge in [-0.2, -0.15) is 5.10 Å². The van der Waals surface area contributed by atoms with Crippen molar-refractivity contribution < 1.29 is 14.6 Å². The van der Waals surface area contributed by atoms with Gasteiger partial charge in [-0.25, -0.2) is 5.43 Å².